The number of ether oxygens (including phenoxy) is 1. The maximum atomic E-state index is 12.9. The highest BCUT2D eigenvalue weighted by Gasteiger charge is 2.34. The number of benzene rings is 2. The Morgan fingerprint density at radius 3 is 2.83 bits per heavy atom. The molecule has 2 aromatic carbocycles. The van der Waals surface area contributed by atoms with Crippen molar-refractivity contribution in [1.82, 2.24) is 10.3 Å². The van der Waals surface area contributed by atoms with Crippen LogP contribution in [0.1, 0.15) is 24.5 Å². The number of carbonyl (C=O) groups is 2. The summed E-state index contributed by atoms with van der Waals surface area (Å²) in [6.07, 6.45) is 3.64. The Bertz CT molecular complexity index is 1060. The summed E-state index contributed by atoms with van der Waals surface area (Å²) in [4.78, 5) is 30.5. The van der Waals surface area contributed by atoms with E-state index in [0.29, 0.717) is 18.7 Å². The number of carbonyl (C=O) groups excluding carboxylic acids is 2. The number of rotatable bonds is 6. The molecule has 1 unspecified atom stereocenters. The summed E-state index contributed by atoms with van der Waals surface area (Å²) in [7, 11) is 1.59. The number of methoxy groups -OCH3 is 1. The van der Waals surface area contributed by atoms with Gasteiger partial charge in [0.1, 0.15) is 11.8 Å². The highest BCUT2D eigenvalue weighted by atomic mass is 16.5. The summed E-state index contributed by atoms with van der Waals surface area (Å²) in [5, 5.41) is 3.98. The predicted octanol–water partition coefficient (Wildman–Crippen LogP) is 3.20. The lowest BCUT2D eigenvalue weighted by molar-refractivity contribution is -0.126. The number of anilines is 1. The average Bonchev–Trinajstić information content (AvgIpc) is 3.31. The van der Waals surface area contributed by atoms with Crippen molar-refractivity contribution in [2.45, 2.75) is 32.2 Å². The lowest BCUT2D eigenvalue weighted by Gasteiger charge is -2.19. The maximum absolute atomic E-state index is 12.9. The van der Waals surface area contributed by atoms with Crippen LogP contribution in [-0.2, 0) is 22.4 Å². The third kappa shape index (κ3) is 3.58. The number of para-hydroxylation sites is 3. The second-order valence-corrected chi connectivity index (χ2v) is 7.25. The van der Waals surface area contributed by atoms with Crippen molar-refractivity contribution in [3.63, 3.8) is 0 Å². The molecule has 1 aliphatic rings. The summed E-state index contributed by atoms with van der Waals surface area (Å²) in [5.74, 6) is 0.404. The highest BCUT2D eigenvalue weighted by Crippen LogP contribution is 2.31. The monoisotopic (exact) mass is 391 g/mol. The Morgan fingerprint density at radius 2 is 2.03 bits per heavy atom. The van der Waals surface area contributed by atoms with Crippen molar-refractivity contribution < 1.29 is 14.3 Å². The Balaban J connectivity index is 1.45. The Kier molecular flexibility index (Phi) is 5.25. The zero-order valence-electron chi connectivity index (χ0n) is 16.7. The fraction of sp³-hybridized carbons (Fsp3) is 0.304. The maximum Gasteiger partial charge on any atom is 0.249 e. The smallest absolute Gasteiger partial charge is 0.249 e. The second kappa shape index (κ2) is 7.99. The van der Waals surface area contributed by atoms with E-state index in [1.54, 1.807) is 12.0 Å². The molecule has 1 saturated heterocycles. The number of hydrogen-bond donors (Lipinski definition) is 2. The van der Waals surface area contributed by atoms with E-state index in [9.17, 15) is 9.59 Å². The van der Waals surface area contributed by atoms with Crippen LogP contribution in [0.2, 0.25) is 0 Å². The van der Waals surface area contributed by atoms with Crippen LogP contribution < -0.4 is 15.0 Å². The Hall–Kier alpha value is -3.28. The first-order valence-corrected chi connectivity index (χ1v) is 9.94. The Morgan fingerprint density at radius 1 is 1.21 bits per heavy atom. The van der Waals surface area contributed by atoms with Gasteiger partial charge in [-0.2, -0.15) is 0 Å². The molecule has 6 heteroatoms. The molecule has 0 radical (unpaired) electrons. The summed E-state index contributed by atoms with van der Waals surface area (Å²) in [6.45, 7) is 2.66. The van der Waals surface area contributed by atoms with Gasteiger partial charge in [-0.3, -0.25) is 9.59 Å². The van der Waals surface area contributed by atoms with Crippen LogP contribution >= 0.6 is 0 Å². The van der Waals surface area contributed by atoms with Crippen LogP contribution in [0, 0.1) is 0 Å². The molecule has 0 saturated carbocycles. The molecule has 0 aliphatic carbocycles. The molecule has 0 spiro atoms. The SMILES string of the molecule is CCc1cccc2c(CC(=O)NC3CCN(c4ccccc4OC)C3=O)c[nH]c12. The number of H-pyrrole nitrogens is 1. The molecule has 2 heterocycles. The number of nitrogens with zero attached hydrogens (tertiary/aromatic N) is 1. The van der Waals surface area contributed by atoms with Gasteiger partial charge in [-0.05, 0) is 36.1 Å². The molecule has 4 rings (SSSR count). The molecule has 1 aromatic heterocycles. The largest absolute Gasteiger partial charge is 0.495 e. The minimum Gasteiger partial charge on any atom is -0.495 e. The van der Waals surface area contributed by atoms with Gasteiger partial charge >= 0.3 is 0 Å². The molecule has 0 bridgehead atoms. The van der Waals surface area contributed by atoms with Crippen molar-refractivity contribution >= 4 is 28.4 Å². The number of fused-ring (bicyclic) bond motifs is 1. The van der Waals surface area contributed by atoms with Gasteiger partial charge in [0.15, 0.2) is 0 Å². The van der Waals surface area contributed by atoms with Gasteiger partial charge in [-0.15, -0.1) is 0 Å². The molecular weight excluding hydrogens is 366 g/mol. The molecule has 2 N–H and O–H groups in total. The predicted molar refractivity (Wildman–Crippen MR) is 113 cm³/mol. The summed E-state index contributed by atoms with van der Waals surface area (Å²) < 4.78 is 5.37. The van der Waals surface area contributed by atoms with Gasteiger partial charge in [0.05, 0.1) is 19.2 Å². The first kappa shape index (κ1) is 19.1. The molecule has 29 heavy (non-hydrogen) atoms. The molecule has 2 amide bonds. The van der Waals surface area contributed by atoms with E-state index >= 15 is 0 Å². The molecule has 1 aliphatic heterocycles. The first-order chi connectivity index (χ1) is 14.1. The van der Waals surface area contributed by atoms with E-state index < -0.39 is 6.04 Å². The van der Waals surface area contributed by atoms with Crippen LogP contribution in [-0.4, -0.2) is 36.5 Å². The van der Waals surface area contributed by atoms with Crippen LogP contribution in [0.5, 0.6) is 5.75 Å². The minimum absolute atomic E-state index is 0.102. The molecule has 6 nitrogen and oxygen atoms in total. The van der Waals surface area contributed by atoms with Gasteiger partial charge in [-0.25, -0.2) is 0 Å². The third-order valence-electron chi connectivity index (χ3n) is 5.54. The van der Waals surface area contributed by atoms with Crippen molar-refractivity contribution in [2.24, 2.45) is 0 Å². The Labute approximate surface area is 169 Å². The van der Waals surface area contributed by atoms with Gasteiger partial charge in [0.2, 0.25) is 11.8 Å². The van der Waals surface area contributed by atoms with E-state index in [1.165, 1.54) is 5.56 Å². The number of aryl methyl sites for hydroxylation is 1. The molecule has 1 fully saturated rings. The van der Waals surface area contributed by atoms with Crippen LogP contribution in [0.25, 0.3) is 10.9 Å². The third-order valence-corrected chi connectivity index (χ3v) is 5.54. The fourth-order valence-corrected chi connectivity index (χ4v) is 4.04. The highest BCUT2D eigenvalue weighted by molar-refractivity contribution is 6.02. The van der Waals surface area contributed by atoms with Crippen molar-refractivity contribution in [3.05, 3.63) is 59.8 Å². The first-order valence-electron chi connectivity index (χ1n) is 9.94. The number of nitrogens with one attached hydrogen (secondary N) is 2. The van der Waals surface area contributed by atoms with E-state index in [-0.39, 0.29) is 18.2 Å². The molecule has 150 valence electrons. The molecular formula is C23H25N3O3. The van der Waals surface area contributed by atoms with Crippen LogP contribution in [0.3, 0.4) is 0 Å². The van der Waals surface area contributed by atoms with E-state index in [1.807, 2.05) is 42.6 Å². The summed E-state index contributed by atoms with van der Waals surface area (Å²) >= 11 is 0. The zero-order valence-corrected chi connectivity index (χ0v) is 16.7. The van der Waals surface area contributed by atoms with E-state index in [4.69, 9.17) is 4.74 Å². The average molecular weight is 391 g/mol. The second-order valence-electron chi connectivity index (χ2n) is 7.25. The van der Waals surface area contributed by atoms with Gasteiger partial charge < -0.3 is 19.9 Å². The van der Waals surface area contributed by atoms with Crippen molar-refractivity contribution in [3.8, 4) is 5.75 Å². The number of amides is 2. The zero-order chi connectivity index (χ0) is 20.4. The lowest BCUT2D eigenvalue weighted by Crippen LogP contribution is -2.42. The fourth-order valence-electron chi connectivity index (χ4n) is 4.04. The molecule has 1 atom stereocenters. The number of hydrogen-bond acceptors (Lipinski definition) is 3. The van der Waals surface area contributed by atoms with Crippen molar-refractivity contribution in [2.75, 3.05) is 18.6 Å². The summed E-state index contributed by atoms with van der Waals surface area (Å²) in [6, 6.07) is 13.1. The molecule has 3 aromatic rings. The quantitative estimate of drug-likeness (QED) is 0.678. The van der Waals surface area contributed by atoms with Crippen molar-refractivity contribution in [1.29, 1.82) is 0 Å². The minimum atomic E-state index is -0.510. The van der Waals surface area contributed by atoms with E-state index in [0.717, 1.165) is 28.6 Å². The lowest BCUT2D eigenvalue weighted by atomic mass is 10.1. The van der Waals surface area contributed by atoms with Crippen LogP contribution in [0.4, 0.5) is 5.69 Å². The van der Waals surface area contributed by atoms with Gasteiger partial charge in [-0.1, -0.05) is 37.3 Å². The van der Waals surface area contributed by atoms with Gasteiger partial charge in [0, 0.05) is 23.6 Å². The summed E-state index contributed by atoms with van der Waals surface area (Å²) in [5.41, 5.74) is 3.99. The van der Waals surface area contributed by atoms with Crippen LogP contribution in [0.15, 0.2) is 48.7 Å². The van der Waals surface area contributed by atoms with E-state index in [2.05, 4.69) is 23.3 Å². The topological polar surface area (TPSA) is 74.4 Å². The standard InChI is InChI=1S/C23H25N3O3/c1-3-15-7-6-8-17-16(14-24-22(15)17)13-21(27)25-18-11-12-26(23(18)28)19-9-4-5-10-20(19)29-2/h4-10,14,18,24H,3,11-13H2,1-2H3,(H,25,27). The van der Waals surface area contributed by atoms with Gasteiger partial charge in [0.25, 0.3) is 0 Å². The normalized spacial score (nSPS) is 16.4. The number of aromatic amines is 1. The number of aromatic nitrogens is 1.